The number of hydrogen-bond acceptors (Lipinski definition) is 3. The lowest BCUT2D eigenvalue weighted by Gasteiger charge is -2.22. The van der Waals surface area contributed by atoms with Crippen LogP contribution < -0.4 is 11.1 Å². The summed E-state index contributed by atoms with van der Waals surface area (Å²) in [4.78, 5) is 12.4. The summed E-state index contributed by atoms with van der Waals surface area (Å²) in [6, 6.07) is 7.63. The number of carbonyl (C=O) groups excluding carboxylic acids is 1. The number of carbonyl (C=O) groups is 1. The molecule has 1 aromatic carbocycles. The molecule has 1 unspecified atom stereocenters. The van der Waals surface area contributed by atoms with Gasteiger partial charge < -0.3 is 15.8 Å². The van der Waals surface area contributed by atoms with Crippen molar-refractivity contribution in [2.45, 2.75) is 33.2 Å². The Labute approximate surface area is 121 Å². The van der Waals surface area contributed by atoms with Crippen molar-refractivity contribution in [3.05, 3.63) is 35.4 Å². The van der Waals surface area contributed by atoms with E-state index in [0.717, 1.165) is 5.56 Å². The van der Waals surface area contributed by atoms with Gasteiger partial charge in [0.25, 0.3) is 5.91 Å². The summed E-state index contributed by atoms with van der Waals surface area (Å²) in [5, 5.41) is 3.06. The maximum Gasteiger partial charge on any atom is 0.251 e. The lowest BCUT2D eigenvalue weighted by Crippen LogP contribution is -2.42. The molecule has 0 aliphatic heterocycles. The predicted molar refractivity (Wildman–Crippen MR) is 81.8 cm³/mol. The van der Waals surface area contributed by atoms with Crippen LogP contribution in [0.1, 0.15) is 36.7 Å². The van der Waals surface area contributed by atoms with E-state index in [0.29, 0.717) is 37.7 Å². The van der Waals surface area contributed by atoms with Crippen LogP contribution in [-0.2, 0) is 11.2 Å². The Morgan fingerprint density at radius 2 is 2.05 bits per heavy atom. The summed E-state index contributed by atoms with van der Waals surface area (Å²) in [7, 11) is 0. The Bertz CT molecular complexity index is 419. The molecule has 0 aromatic heterocycles. The zero-order chi connectivity index (χ0) is 15.0. The molecular formula is C16H26N2O2. The van der Waals surface area contributed by atoms with Gasteiger partial charge in [0.1, 0.15) is 0 Å². The molecule has 0 heterocycles. The zero-order valence-electron chi connectivity index (χ0n) is 12.7. The lowest BCUT2D eigenvalue weighted by atomic mass is 10.0. The summed E-state index contributed by atoms with van der Waals surface area (Å²) in [5.41, 5.74) is 7.29. The predicted octanol–water partition coefficient (Wildman–Crippen LogP) is 1.98. The Balaban J connectivity index is 2.78. The van der Waals surface area contributed by atoms with Crippen molar-refractivity contribution in [2.75, 3.05) is 19.8 Å². The van der Waals surface area contributed by atoms with Crippen LogP contribution >= 0.6 is 0 Å². The first-order valence-electron chi connectivity index (χ1n) is 7.26. The fraction of sp³-hybridized carbons (Fsp3) is 0.562. The van der Waals surface area contributed by atoms with Gasteiger partial charge in [-0.2, -0.15) is 0 Å². The Hall–Kier alpha value is -1.39. The van der Waals surface area contributed by atoms with E-state index in [2.05, 4.69) is 19.2 Å². The van der Waals surface area contributed by atoms with Crippen molar-refractivity contribution in [3.63, 3.8) is 0 Å². The molecule has 0 aliphatic carbocycles. The number of rotatable bonds is 8. The van der Waals surface area contributed by atoms with Crippen molar-refractivity contribution in [2.24, 2.45) is 11.7 Å². The van der Waals surface area contributed by atoms with Crippen molar-refractivity contribution < 1.29 is 9.53 Å². The van der Waals surface area contributed by atoms with Crippen molar-refractivity contribution in [1.29, 1.82) is 0 Å². The van der Waals surface area contributed by atoms with Gasteiger partial charge in [0.2, 0.25) is 0 Å². The minimum Gasteiger partial charge on any atom is -0.380 e. The standard InChI is InChI=1S/C16H26N2O2/c1-4-20-11-15(12(2)3)18-16(19)14-8-6-5-7-13(14)9-10-17/h5-8,12,15H,4,9-11,17H2,1-3H3,(H,18,19). The summed E-state index contributed by atoms with van der Waals surface area (Å²) >= 11 is 0. The second-order valence-electron chi connectivity index (χ2n) is 5.18. The number of ether oxygens (including phenoxy) is 1. The van der Waals surface area contributed by atoms with Crippen LogP contribution in [0, 0.1) is 5.92 Å². The van der Waals surface area contributed by atoms with Crippen LogP contribution in [0.3, 0.4) is 0 Å². The van der Waals surface area contributed by atoms with Gasteiger partial charge >= 0.3 is 0 Å². The first kappa shape index (κ1) is 16.7. The summed E-state index contributed by atoms with van der Waals surface area (Å²) in [6.07, 6.45) is 0.710. The number of hydrogen-bond donors (Lipinski definition) is 2. The van der Waals surface area contributed by atoms with Crippen molar-refractivity contribution in [1.82, 2.24) is 5.32 Å². The topological polar surface area (TPSA) is 64.3 Å². The van der Waals surface area contributed by atoms with Crippen molar-refractivity contribution >= 4 is 5.91 Å². The first-order valence-corrected chi connectivity index (χ1v) is 7.26. The highest BCUT2D eigenvalue weighted by molar-refractivity contribution is 5.95. The quantitative estimate of drug-likeness (QED) is 0.764. The van der Waals surface area contributed by atoms with E-state index in [9.17, 15) is 4.79 Å². The second-order valence-corrected chi connectivity index (χ2v) is 5.18. The first-order chi connectivity index (χ1) is 9.60. The molecule has 4 nitrogen and oxygen atoms in total. The molecular weight excluding hydrogens is 252 g/mol. The molecule has 112 valence electrons. The van der Waals surface area contributed by atoms with E-state index in [1.807, 2.05) is 31.2 Å². The fourth-order valence-electron chi connectivity index (χ4n) is 2.01. The van der Waals surface area contributed by atoms with Crippen LogP contribution in [0.2, 0.25) is 0 Å². The molecule has 0 aliphatic rings. The fourth-order valence-corrected chi connectivity index (χ4v) is 2.01. The molecule has 1 amide bonds. The smallest absolute Gasteiger partial charge is 0.251 e. The minimum absolute atomic E-state index is 0.0217. The zero-order valence-corrected chi connectivity index (χ0v) is 12.7. The normalized spacial score (nSPS) is 12.4. The molecule has 1 rings (SSSR count). The van der Waals surface area contributed by atoms with Crippen LogP contribution in [0.5, 0.6) is 0 Å². The highest BCUT2D eigenvalue weighted by Crippen LogP contribution is 2.11. The summed E-state index contributed by atoms with van der Waals surface area (Å²) in [5.74, 6) is 0.277. The van der Waals surface area contributed by atoms with E-state index < -0.39 is 0 Å². The van der Waals surface area contributed by atoms with Crippen LogP contribution in [0.15, 0.2) is 24.3 Å². The van der Waals surface area contributed by atoms with Gasteiger partial charge in [0.15, 0.2) is 0 Å². The highest BCUT2D eigenvalue weighted by Gasteiger charge is 2.18. The molecule has 1 atom stereocenters. The molecule has 4 heteroatoms. The molecule has 0 bridgehead atoms. The average molecular weight is 278 g/mol. The van der Waals surface area contributed by atoms with E-state index in [4.69, 9.17) is 10.5 Å². The summed E-state index contributed by atoms with van der Waals surface area (Å²) < 4.78 is 5.44. The van der Waals surface area contributed by atoms with E-state index >= 15 is 0 Å². The number of benzene rings is 1. The molecule has 3 N–H and O–H groups in total. The van der Waals surface area contributed by atoms with E-state index in [1.165, 1.54) is 0 Å². The maximum absolute atomic E-state index is 12.4. The molecule has 20 heavy (non-hydrogen) atoms. The molecule has 0 radical (unpaired) electrons. The third-order valence-electron chi connectivity index (χ3n) is 3.30. The van der Waals surface area contributed by atoms with Gasteiger partial charge in [-0.3, -0.25) is 4.79 Å². The van der Waals surface area contributed by atoms with Gasteiger partial charge in [-0.05, 0) is 37.4 Å². The Morgan fingerprint density at radius 3 is 2.65 bits per heavy atom. The van der Waals surface area contributed by atoms with Gasteiger partial charge in [0.05, 0.1) is 12.6 Å². The minimum atomic E-state index is -0.0487. The Morgan fingerprint density at radius 1 is 1.35 bits per heavy atom. The summed E-state index contributed by atoms with van der Waals surface area (Å²) in [6.45, 7) is 7.85. The lowest BCUT2D eigenvalue weighted by molar-refractivity contribution is 0.0805. The third-order valence-corrected chi connectivity index (χ3v) is 3.30. The van der Waals surface area contributed by atoms with Gasteiger partial charge in [0, 0.05) is 12.2 Å². The maximum atomic E-state index is 12.4. The number of amides is 1. The van der Waals surface area contributed by atoms with Crippen LogP contribution in [-0.4, -0.2) is 31.7 Å². The molecule has 0 spiro atoms. The third kappa shape index (κ3) is 4.94. The van der Waals surface area contributed by atoms with Crippen LogP contribution in [0.25, 0.3) is 0 Å². The van der Waals surface area contributed by atoms with Crippen molar-refractivity contribution in [3.8, 4) is 0 Å². The SMILES string of the molecule is CCOCC(NC(=O)c1ccccc1CCN)C(C)C. The molecule has 0 saturated heterocycles. The van der Waals surface area contributed by atoms with Gasteiger partial charge in [-0.15, -0.1) is 0 Å². The van der Waals surface area contributed by atoms with E-state index in [1.54, 1.807) is 0 Å². The number of nitrogens with two attached hydrogens (primary N) is 1. The average Bonchev–Trinajstić information content (AvgIpc) is 2.43. The van der Waals surface area contributed by atoms with Gasteiger partial charge in [-0.25, -0.2) is 0 Å². The largest absolute Gasteiger partial charge is 0.380 e. The second kappa shape index (κ2) is 8.72. The number of nitrogens with one attached hydrogen (secondary N) is 1. The molecule has 0 saturated carbocycles. The highest BCUT2D eigenvalue weighted by atomic mass is 16.5. The molecule has 1 aromatic rings. The van der Waals surface area contributed by atoms with E-state index in [-0.39, 0.29) is 11.9 Å². The van der Waals surface area contributed by atoms with Gasteiger partial charge in [-0.1, -0.05) is 32.0 Å². The Kier molecular flexibility index (Phi) is 7.26. The molecule has 0 fully saturated rings. The monoisotopic (exact) mass is 278 g/mol. The van der Waals surface area contributed by atoms with Crippen LogP contribution in [0.4, 0.5) is 0 Å².